The summed E-state index contributed by atoms with van der Waals surface area (Å²) in [5.41, 5.74) is 1.47. The van der Waals surface area contributed by atoms with E-state index in [0.717, 1.165) is 11.4 Å². The number of urea groups is 1. The van der Waals surface area contributed by atoms with Gasteiger partial charge in [-0.15, -0.1) is 0 Å². The van der Waals surface area contributed by atoms with Crippen LogP contribution in [0.3, 0.4) is 0 Å². The van der Waals surface area contributed by atoms with Crippen LogP contribution in [0.15, 0.2) is 18.2 Å². The number of amides is 3. The van der Waals surface area contributed by atoms with Gasteiger partial charge >= 0.3 is 12.0 Å². The van der Waals surface area contributed by atoms with E-state index in [-0.39, 0.29) is 10.7 Å². The van der Waals surface area contributed by atoms with Crippen molar-refractivity contribution in [1.29, 1.82) is 0 Å². The summed E-state index contributed by atoms with van der Waals surface area (Å²) in [5, 5.41) is 8.84. The molecule has 2 rings (SSSR count). The molecule has 0 aliphatic heterocycles. The summed E-state index contributed by atoms with van der Waals surface area (Å²) in [7, 11) is 0. The molecule has 2 aromatic rings. The van der Waals surface area contributed by atoms with E-state index < -0.39 is 24.0 Å². The Kier molecular flexibility index (Phi) is 6.51. The fourth-order valence-electron chi connectivity index (χ4n) is 2.24. The molecule has 0 saturated carbocycles. The summed E-state index contributed by atoms with van der Waals surface area (Å²) in [4.78, 5) is 39.9. The minimum atomic E-state index is -1.21. The molecule has 1 atom stereocenters. The Morgan fingerprint density at radius 3 is 2.59 bits per heavy atom. The van der Waals surface area contributed by atoms with Crippen molar-refractivity contribution in [3.63, 3.8) is 0 Å². The smallest absolute Gasteiger partial charge is 0.359 e. The molecule has 1 unspecified atom stereocenters. The van der Waals surface area contributed by atoms with Crippen molar-refractivity contribution < 1.29 is 19.1 Å². The fourth-order valence-corrected chi connectivity index (χ4v) is 2.42. The zero-order valence-electron chi connectivity index (χ0n) is 15.4. The molecule has 144 valence electrons. The van der Waals surface area contributed by atoms with Crippen LogP contribution in [0.25, 0.3) is 5.82 Å². The molecule has 2 N–H and O–H groups in total. The Bertz CT molecular complexity index is 880. The lowest BCUT2D eigenvalue weighted by molar-refractivity contribution is -0.127. The van der Waals surface area contributed by atoms with E-state index >= 15 is 0 Å². The first-order valence-electron chi connectivity index (χ1n) is 8.22. The van der Waals surface area contributed by atoms with Crippen molar-refractivity contribution in [3.8, 4) is 5.82 Å². The number of ether oxygens (including phenoxy) is 1. The summed E-state index contributed by atoms with van der Waals surface area (Å²) in [5.74, 6) is -1.27. The number of rotatable bonds is 5. The Morgan fingerprint density at radius 2 is 2.00 bits per heavy atom. The number of nitrogens with zero attached hydrogens (tertiary/aromatic N) is 3. The van der Waals surface area contributed by atoms with E-state index in [9.17, 15) is 14.4 Å². The van der Waals surface area contributed by atoms with Crippen LogP contribution in [0.5, 0.6) is 0 Å². The van der Waals surface area contributed by atoms with E-state index in [1.807, 2.05) is 19.9 Å². The molecule has 0 saturated heterocycles. The molecule has 27 heavy (non-hydrogen) atoms. The quantitative estimate of drug-likeness (QED) is 0.750. The standard InChI is InChI=1S/C17H20ClN5O4/c1-5-19-17(26)21-15(24)11(4)27-16(25)14-12(18)6-7-13(20-14)23-10(3)8-9(2)22-23/h6-8,11H,5H2,1-4H3,(H2,19,21,24,26). The van der Waals surface area contributed by atoms with E-state index in [1.165, 1.54) is 13.0 Å². The average molecular weight is 394 g/mol. The predicted octanol–water partition coefficient (Wildman–Crippen LogP) is 1.93. The highest BCUT2D eigenvalue weighted by molar-refractivity contribution is 6.33. The Labute approximate surface area is 161 Å². The highest BCUT2D eigenvalue weighted by Crippen LogP contribution is 2.19. The third-order valence-corrected chi connectivity index (χ3v) is 3.78. The molecule has 0 radical (unpaired) electrons. The molecule has 9 nitrogen and oxygen atoms in total. The number of imide groups is 1. The number of aromatic nitrogens is 3. The summed E-state index contributed by atoms with van der Waals surface area (Å²) >= 11 is 6.05. The molecule has 0 aliphatic carbocycles. The van der Waals surface area contributed by atoms with Crippen LogP contribution in [0.2, 0.25) is 5.02 Å². The van der Waals surface area contributed by atoms with E-state index in [4.69, 9.17) is 16.3 Å². The van der Waals surface area contributed by atoms with E-state index in [0.29, 0.717) is 12.4 Å². The van der Waals surface area contributed by atoms with Gasteiger partial charge in [0.15, 0.2) is 17.6 Å². The molecular weight excluding hydrogens is 374 g/mol. The summed E-state index contributed by atoms with van der Waals surface area (Å²) in [6.45, 7) is 7.08. The molecule has 0 fully saturated rings. The summed E-state index contributed by atoms with van der Waals surface area (Å²) in [6.07, 6.45) is -1.21. The van der Waals surface area contributed by atoms with E-state index in [2.05, 4.69) is 20.7 Å². The van der Waals surface area contributed by atoms with Gasteiger partial charge in [-0.3, -0.25) is 10.1 Å². The third kappa shape index (κ3) is 5.04. The number of halogens is 1. The first-order chi connectivity index (χ1) is 12.7. The number of carbonyl (C=O) groups is 3. The minimum Gasteiger partial charge on any atom is -0.448 e. The number of hydrogen-bond donors (Lipinski definition) is 2. The predicted molar refractivity (Wildman–Crippen MR) is 97.9 cm³/mol. The van der Waals surface area contributed by atoms with Crippen molar-refractivity contribution in [2.75, 3.05) is 6.54 Å². The maximum atomic E-state index is 12.4. The zero-order chi connectivity index (χ0) is 20.1. The minimum absolute atomic E-state index is 0.0709. The normalized spacial score (nSPS) is 11.6. The second-order valence-corrected chi connectivity index (χ2v) is 6.14. The molecular formula is C17H20ClN5O4. The third-order valence-electron chi connectivity index (χ3n) is 3.48. The molecule has 2 heterocycles. The van der Waals surface area contributed by atoms with Gasteiger partial charge in [0, 0.05) is 12.2 Å². The van der Waals surface area contributed by atoms with Crippen LogP contribution < -0.4 is 10.6 Å². The molecule has 3 amide bonds. The maximum absolute atomic E-state index is 12.4. The number of carbonyl (C=O) groups excluding carboxylic acids is 3. The van der Waals surface area contributed by atoms with Crippen LogP contribution in [0, 0.1) is 13.8 Å². The van der Waals surface area contributed by atoms with Crippen LogP contribution in [-0.4, -0.2) is 45.3 Å². The average Bonchev–Trinajstić information content (AvgIpc) is 2.93. The number of hydrogen-bond acceptors (Lipinski definition) is 6. The van der Waals surface area contributed by atoms with Gasteiger partial charge in [0.25, 0.3) is 5.91 Å². The number of esters is 1. The molecule has 0 aliphatic rings. The molecule has 0 spiro atoms. The highest BCUT2D eigenvalue weighted by Gasteiger charge is 2.23. The largest absolute Gasteiger partial charge is 0.448 e. The van der Waals surface area contributed by atoms with Crippen LogP contribution in [0.1, 0.15) is 35.7 Å². The molecule has 0 aromatic carbocycles. The first-order valence-corrected chi connectivity index (χ1v) is 8.60. The molecule has 2 aromatic heterocycles. The number of nitrogens with one attached hydrogen (secondary N) is 2. The van der Waals surface area contributed by atoms with Gasteiger partial charge in [-0.25, -0.2) is 19.3 Å². The Hall–Kier alpha value is -2.94. The fraction of sp³-hybridized carbons (Fsp3) is 0.353. The zero-order valence-corrected chi connectivity index (χ0v) is 16.1. The highest BCUT2D eigenvalue weighted by atomic mass is 35.5. The van der Waals surface area contributed by atoms with Gasteiger partial charge in [-0.05, 0) is 45.9 Å². The van der Waals surface area contributed by atoms with Crippen molar-refractivity contribution in [2.45, 2.75) is 33.8 Å². The van der Waals surface area contributed by atoms with Crippen molar-refractivity contribution in [2.24, 2.45) is 0 Å². The van der Waals surface area contributed by atoms with Gasteiger partial charge in [0.2, 0.25) is 0 Å². The Morgan fingerprint density at radius 1 is 1.30 bits per heavy atom. The lowest BCUT2D eigenvalue weighted by atomic mass is 10.3. The van der Waals surface area contributed by atoms with Crippen LogP contribution >= 0.6 is 11.6 Å². The number of pyridine rings is 1. The van der Waals surface area contributed by atoms with Crippen molar-refractivity contribution in [1.82, 2.24) is 25.4 Å². The second-order valence-electron chi connectivity index (χ2n) is 5.74. The van der Waals surface area contributed by atoms with Gasteiger partial charge in [-0.1, -0.05) is 11.6 Å². The summed E-state index contributed by atoms with van der Waals surface area (Å²) < 4.78 is 6.64. The lowest BCUT2D eigenvalue weighted by Gasteiger charge is -2.14. The van der Waals surface area contributed by atoms with Crippen molar-refractivity contribution >= 4 is 29.5 Å². The maximum Gasteiger partial charge on any atom is 0.359 e. The Balaban J connectivity index is 2.16. The van der Waals surface area contributed by atoms with Gasteiger partial charge in [0.1, 0.15) is 0 Å². The SMILES string of the molecule is CCNC(=O)NC(=O)C(C)OC(=O)c1nc(-n2nc(C)cc2C)ccc1Cl. The van der Waals surface area contributed by atoms with E-state index in [1.54, 1.807) is 17.7 Å². The first kappa shape index (κ1) is 20.4. The van der Waals surface area contributed by atoms with Gasteiger partial charge in [0.05, 0.1) is 10.7 Å². The van der Waals surface area contributed by atoms with Crippen LogP contribution in [0.4, 0.5) is 4.79 Å². The molecule has 0 bridgehead atoms. The summed E-state index contributed by atoms with van der Waals surface area (Å²) in [6, 6.07) is 4.30. The monoisotopic (exact) mass is 393 g/mol. The van der Waals surface area contributed by atoms with Crippen LogP contribution in [-0.2, 0) is 9.53 Å². The van der Waals surface area contributed by atoms with Gasteiger partial charge < -0.3 is 10.1 Å². The van der Waals surface area contributed by atoms with Crippen molar-refractivity contribution in [3.05, 3.63) is 40.3 Å². The molecule has 10 heteroatoms. The second kappa shape index (κ2) is 8.63. The number of aryl methyl sites for hydroxylation is 2. The lowest BCUT2D eigenvalue weighted by Crippen LogP contribution is -2.44. The topological polar surface area (TPSA) is 115 Å². The van der Waals surface area contributed by atoms with Gasteiger partial charge in [-0.2, -0.15) is 5.10 Å².